The zero-order chi connectivity index (χ0) is 23.3. The van der Waals surface area contributed by atoms with Gasteiger partial charge >= 0.3 is 0 Å². The third-order valence-corrected chi connectivity index (χ3v) is 6.79. The van der Waals surface area contributed by atoms with Crippen molar-refractivity contribution < 1.29 is 17.9 Å². The van der Waals surface area contributed by atoms with Crippen molar-refractivity contribution in [3.05, 3.63) is 84.2 Å². The van der Waals surface area contributed by atoms with Crippen LogP contribution in [0.3, 0.4) is 0 Å². The summed E-state index contributed by atoms with van der Waals surface area (Å²) in [6, 6.07) is 19.7. The fourth-order valence-corrected chi connectivity index (χ4v) is 4.86. The molecule has 0 saturated carbocycles. The first-order valence-electron chi connectivity index (χ1n) is 10.7. The van der Waals surface area contributed by atoms with Crippen LogP contribution in [0.1, 0.15) is 11.1 Å². The van der Waals surface area contributed by atoms with Crippen LogP contribution in [-0.2, 0) is 29.4 Å². The minimum absolute atomic E-state index is 0.00215. The van der Waals surface area contributed by atoms with Crippen LogP contribution in [0.15, 0.2) is 73.1 Å². The molecule has 0 radical (unpaired) electrons. The van der Waals surface area contributed by atoms with E-state index in [4.69, 9.17) is 9.47 Å². The summed E-state index contributed by atoms with van der Waals surface area (Å²) in [7, 11) is -0.298. The number of benzene rings is 3. The van der Waals surface area contributed by atoms with Gasteiger partial charge in [0.2, 0.25) is 10.0 Å². The Kier molecular flexibility index (Phi) is 6.84. The second-order valence-electron chi connectivity index (χ2n) is 7.74. The van der Waals surface area contributed by atoms with Gasteiger partial charge in [0.25, 0.3) is 0 Å². The fraction of sp³-hybridized carbons (Fsp3) is 0.240. The molecule has 4 aromatic rings. The number of hydrogen-bond acceptors (Lipinski definition) is 5. The molecule has 0 aliphatic carbocycles. The Morgan fingerprint density at radius 3 is 2.55 bits per heavy atom. The van der Waals surface area contributed by atoms with Crippen molar-refractivity contribution in [2.75, 3.05) is 24.7 Å². The number of hydrogen-bond donors (Lipinski definition) is 1. The van der Waals surface area contributed by atoms with Crippen LogP contribution in [-0.4, -0.2) is 38.2 Å². The Morgan fingerprint density at radius 2 is 1.73 bits per heavy atom. The van der Waals surface area contributed by atoms with E-state index in [2.05, 4.69) is 9.82 Å². The average Bonchev–Trinajstić information content (AvgIpc) is 3.27. The number of fused-ring (bicyclic) bond motifs is 1. The van der Waals surface area contributed by atoms with Gasteiger partial charge in [0.05, 0.1) is 31.9 Å². The molecule has 0 bridgehead atoms. The Hall–Kier alpha value is -3.52. The van der Waals surface area contributed by atoms with Gasteiger partial charge in [-0.15, -0.1) is 0 Å². The largest absolute Gasteiger partial charge is 0.493 e. The number of nitrogens with one attached hydrogen (secondary N) is 1. The summed E-state index contributed by atoms with van der Waals surface area (Å²) in [5.74, 6) is 1.35. The van der Waals surface area contributed by atoms with Crippen LogP contribution in [0, 0.1) is 0 Å². The number of rotatable bonds is 10. The molecule has 33 heavy (non-hydrogen) atoms. The Balaban J connectivity index is 1.35. The molecule has 1 aromatic heterocycles. The summed E-state index contributed by atoms with van der Waals surface area (Å²) in [6.45, 7) is 0.604. The van der Waals surface area contributed by atoms with Gasteiger partial charge in [-0.05, 0) is 46.9 Å². The molecule has 0 fully saturated rings. The number of nitrogens with zero attached hydrogens (tertiary/aromatic N) is 2. The van der Waals surface area contributed by atoms with Crippen molar-refractivity contribution in [2.24, 2.45) is 0 Å². The van der Waals surface area contributed by atoms with Crippen molar-refractivity contribution in [2.45, 2.75) is 19.4 Å². The molecule has 3 aromatic carbocycles. The number of anilines is 1. The maximum absolute atomic E-state index is 12.7. The van der Waals surface area contributed by atoms with Gasteiger partial charge in [-0.3, -0.25) is 9.40 Å². The molecule has 0 aliphatic heterocycles. The lowest BCUT2D eigenvalue weighted by Crippen LogP contribution is -2.18. The highest BCUT2D eigenvalue weighted by Gasteiger charge is 2.13. The molecule has 4 rings (SSSR count). The van der Waals surface area contributed by atoms with E-state index in [0.29, 0.717) is 30.2 Å². The van der Waals surface area contributed by atoms with Gasteiger partial charge < -0.3 is 9.47 Å². The zero-order valence-electron chi connectivity index (χ0n) is 18.7. The third kappa shape index (κ3) is 5.64. The lowest BCUT2D eigenvalue weighted by Gasteiger charge is -2.09. The highest BCUT2D eigenvalue weighted by molar-refractivity contribution is 7.92. The topological polar surface area (TPSA) is 82.5 Å². The monoisotopic (exact) mass is 465 g/mol. The van der Waals surface area contributed by atoms with Gasteiger partial charge in [0.1, 0.15) is 0 Å². The molecule has 0 spiro atoms. The molecule has 8 heteroatoms. The highest BCUT2D eigenvalue weighted by atomic mass is 32.2. The van der Waals surface area contributed by atoms with E-state index in [-0.39, 0.29) is 5.75 Å². The number of aromatic nitrogens is 2. The van der Waals surface area contributed by atoms with Crippen molar-refractivity contribution in [3.63, 3.8) is 0 Å². The summed E-state index contributed by atoms with van der Waals surface area (Å²) >= 11 is 0. The van der Waals surface area contributed by atoms with Crippen LogP contribution >= 0.6 is 0 Å². The van der Waals surface area contributed by atoms with Crippen LogP contribution in [0.25, 0.3) is 10.8 Å². The predicted octanol–water partition coefficient (Wildman–Crippen LogP) is 4.28. The van der Waals surface area contributed by atoms with Crippen molar-refractivity contribution in [1.82, 2.24) is 9.78 Å². The van der Waals surface area contributed by atoms with Gasteiger partial charge in [0, 0.05) is 12.7 Å². The van der Waals surface area contributed by atoms with E-state index in [1.54, 1.807) is 25.1 Å². The van der Waals surface area contributed by atoms with Gasteiger partial charge in [-0.25, -0.2) is 8.42 Å². The maximum atomic E-state index is 12.7. The summed E-state index contributed by atoms with van der Waals surface area (Å²) < 4.78 is 40.3. The van der Waals surface area contributed by atoms with Crippen molar-refractivity contribution >= 4 is 26.5 Å². The molecular formula is C25H27N3O4S. The predicted molar refractivity (Wildman–Crippen MR) is 131 cm³/mol. The second kappa shape index (κ2) is 9.95. The number of ether oxygens (including phenoxy) is 2. The molecule has 0 saturated heterocycles. The molecule has 0 aliphatic rings. The van der Waals surface area contributed by atoms with Crippen LogP contribution in [0.4, 0.5) is 5.69 Å². The lowest BCUT2D eigenvalue weighted by atomic mass is 10.0. The zero-order valence-corrected chi connectivity index (χ0v) is 19.5. The van der Waals surface area contributed by atoms with Gasteiger partial charge in [-0.2, -0.15) is 5.10 Å². The highest BCUT2D eigenvalue weighted by Crippen LogP contribution is 2.28. The molecule has 1 heterocycles. The first-order valence-corrected chi connectivity index (χ1v) is 12.3. The van der Waals surface area contributed by atoms with Crippen LogP contribution in [0.5, 0.6) is 11.5 Å². The fourth-order valence-electron chi connectivity index (χ4n) is 3.80. The normalized spacial score (nSPS) is 11.5. The van der Waals surface area contributed by atoms with Crippen LogP contribution < -0.4 is 14.2 Å². The molecule has 0 amide bonds. The Labute approximate surface area is 194 Å². The summed E-state index contributed by atoms with van der Waals surface area (Å²) in [5.41, 5.74) is 2.55. The molecule has 0 atom stereocenters. The van der Waals surface area contributed by atoms with E-state index in [0.717, 1.165) is 28.3 Å². The first kappa shape index (κ1) is 22.7. The van der Waals surface area contributed by atoms with E-state index >= 15 is 0 Å². The number of methoxy groups -OCH3 is 2. The summed E-state index contributed by atoms with van der Waals surface area (Å²) in [4.78, 5) is 0. The molecule has 172 valence electrons. The van der Waals surface area contributed by atoms with Gasteiger partial charge in [-0.1, -0.05) is 48.5 Å². The maximum Gasteiger partial charge on any atom is 0.233 e. The quantitative estimate of drug-likeness (QED) is 0.378. The first-order chi connectivity index (χ1) is 16.0. The SMILES string of the molecule is COc1ccc(CCn2cc(NS(=O)(=O)CCc3cccc4ccccc34)cn2)cc1OC. The summed E-state index contributed by atoms with van der Waals surface area (Å²) in [5, 5.41) is 6.47. The summed E-state index contributed by atoms with van der Waals surface area (Å²) in [6.07, 6.45) is 4.39. The lowest BCUT2D eigenvalue weighted by molar-refractivity contribution is 0.354. The minimum Gasteiger partial charge on any atom is -0.493 e. The molecule has 1 N–H and O–H groups in total. The third-order valence-electron chi connectivity index (χ3n) is 5.50. The smallest absolute Gasteiger partial charge is 0.233 e. The molecule has 7 nitrogen and oxygen atoms in total. The van der Waals surface area contributed by atoms with E-state index in [1.807, 2.05) is 60.7 Å². The van der Waals surface area contributed by atoms with Gasteiger partial charge in [0.15, 0.2) is 11.5 Å². The standard InChI is InChI=1S/C25H27N3O4S/c1-31-24-11-10-19(16-25(24)32-2)12-14-28-18-22(17-26-28)27-33(29,30)15-13-21-8-5-7-20-6-3-4-9-23(20)21/h3-11,16-18,27H,12-15H2,1-2H3. The van der Waals surface area contributed by atoms with Crippen LogP contribution in [0.2, 0.25) is 0 Å². The molecular weight excluding hydrogens is 438 g/mol. The van der Waals surface area contributed by atoms with Crippen molar-refractivity contribution in [3.8, 4) is 11.5 Å². The second-order valence-corrected chi connectivity index (χ2v) is 9.58. The average molecular weight is 466 g/mol. The molecule has 0 unspecified atom stereocenters. The number of aryl methyl sites for hydroxylation is 3. The van der Waals surface area contributed by atoms with E-state index in [1.165, 1.54) is 6.20 Å². The Morgan fingerprint density at radius 1 is 0.939 bits per heavy atom. The minimum atomic E-state index is -3.51. The van der Waals surface area contributed by atoms with E-state index < -0.39 is 10.0 Å². The Bertz CT molecular complexity index is 1340. The number of sulfonamides is 1. The van der Waals surface area contributed by atoms with Crippen molar-refractivity contribution in [1.29, 1.82) is 0 Å². The van der Waals surface area contributed by atoms with E-state index in [9.17, 15) is 8.42 Å².